The van der Waals surface area contributed by atoms with E-state index in [9.17, 15) is 4.79 Å². The van der Waals surface area contributed by atoms with Gasteiger partial charge in [0.15, 0.2) is 0 Å². The monoisotopic (exact) mass is 209 g/mol. The maximum Gasteiger partial charge on any atom is 0.127 e. The SMILES string of the molecule is CC1CCN(CC2(C=O)CCCC2)CC1. The van der Waals surface area contributed by atoms with E-state index >= 15 is 0 Å². The molecule has 1 aliphatic carbocycles. The van der Waals surface area contributed by atoms with Crippen LogP contribution in [0.25, 0.3) is 0 Å². The van der Waals surface area contributed by atoms with Gasteiger partial charge in [-0.25, -0.2) is 0 Å². The molecule has 0 spiro atoms. The predicted molar refractivity (Wildman–Crippen MR) is 61.8 cm³/mol. The van der Waals surface area contributed by atoms with E-state index in [-0.39, 0.29) is 5.41 Å². The zero-order valence-corrected chi connectivity index (χ0v) is 9.87. The zero-order valence-electron chi connectivity index (χ0n) is 9.87. The number of aldehydes is 1. The molecule has 86 valence electrons. The van der Waals surface area contributed by atoms with Gasteiger partial charge >= 0.3 is 0 Å². The van der Waals surface area contributed by atoms with E-state index in [4.69, 9.17) is 0 Å². The fourth-order valence-electron chi connectivity index (χ4n) is 3.06. The van der Waals surface area contributed by atoms with Crippen molar-refractivity contribution in [1.29, 1.82) is 0 Å². The fraction of sp³-hybridized carbons (Fsp3) is 0.923. The molecule has 0 N–H and O–H groups in total. The molecule has 2 fully saturated rings. The van der Waals surface area contributed by atoms with Crippen molar-refractivity contribution in [2.75, 3.05) is 19.6 Å². The van der Waals surface area contributed by atoms with Crippen LogP contribution in [0.4, 0.5) is 0 Å². The molecule has 15 heavy (non-hydrogen) atoms. The van der Waals surface area contributed by atoms with Crippen molar-refractivity contribution in [3.05, 3.63) is 0 Å². The largest absolute Gasteiger partial charge is 0.303 e. The molecule has 0 amide bonds. The number of nitrogens with zero attached hydrogens (tertiary/aromatic N) is 1. The summed E-state index contributed by atoms with van der Waals surface area (Å²) in [6.07, 6.45) is 8.64. The van der Waals surface area contributed by atoms with Gasteiger partial charge in [0.25, 0.3) is 0 Å². The van der Waals surface area contributed by atoms with Crippen LogP contribution < -0.4 is 0 Å². The molecule has 0 radical (unpaired) electrons. The van der Waals surface area contributed by atoms with Crippen LogP contribution in [-0.4, -0.2) is 30.8 Å². The van der Waals surface area contributed by atoms with Gasteiger partial charge in [-0.1, -0.05) is 19.8 Å². The number of carbonyl (C=O) groups excluding carboxylic acids is 1. The number of hydrogen-bond donors (Lipinski definition) is 0. The number of hydrogen-bond acceptors (Lipinski definition) is 2. The Kier molecular flexibility index (Phi) is 3.45. The minimum absolute atomic E-state index is 0.0284. The van der Waals surface area contributed by atoms with Crippen LogP contribution >= 0.6 is 0 Å². The van der Waals surface area contributed by atoms with Gasteiger partial charge in [0, 0.05) is 12.0 Å². The number of likely N-dealkylation sites (tertiary alicyclic amines) is 1. The fourth-order valence-corrected chi connectivity index (χ4v) is 3.06. The lowest BCUT2D eigenvalue weighted by Crippen LogP contribution is -2.41. The molecule has 1 saturated heterocycles. The second-order valence-corrected chi connectivity index (χ2v) is 5.65. The summed E-state index contributed by atoms with van der Waals surface area (Å²) in [5.74, 6) is 0.886. The van der Waals surface area contributed by atoms with Crippen LogP contribution in [0, 0.1) is 11.3 Å². The van der Waals surface area contributed by atoms with Crippen molar-refractivity contribution >= 4 is 6.29 Å². The molecule has 2 rings (SSSR count). The Labute approximate surface area is 93.0 Å². The van der Waals surface area contributed by atoms with Crippen LogP contribution in [0.15, 0.2) is 0 Å². The molecule has 0 aromatic carbocycles. The van der Waals surface area contributed by atoms with E-state index < -0.39 is 0 Å². The first-order valence-electron chi connectivity index (χ1n) is 6.43. The highest BCUT2D eigenvalue weighted by Crippen LogP contribution is 2.37. The average molecular weight is 209 g/mol. The van der Waals surface area contributed by atoms with E-state index in [2.05, 4.69) is 11.8 Å². The van der Waals surface area contributed by atoms with Crippen LogP contribution in [0.2, 0.25) is 0 Å². The smallest absolute Gasteiger partial charge is 0.127 e. The van der Waals surface area contributed by atoms with E-state index in [0.29, 0.717) is 0 Å². The molecular formula is C13H23NO. The van der Waals surface area contributed by atoms with Gasteiger partial charge in [-0.3, -0.25) is 0 Å². The van der Waals surface area contributed by atoms with E-state index in [1.165, 1.54) is 45.1 Å². The minimum atomic E-state index is 0.0284. The Bertz CT molecular complexity index is 213. The maximum absolute atomic E-state index is 11.2. The molecular weight excluding hydrogens is 186 g/mol. The zero-order chi connectivity index (χ0) is 10.7. The molecule has 0 aromatic heterocycles. The summed E-state index contributed by atoms with van der Waals surface area (Å²) in [7, 11) is 0. The van der Waals surface area contributed by atoms with Gasteiger partial charge in [-0.2, -0.15) is 0 Å². The summed E-state index contributed by atoms with van der Waals surface area (Å²) in [5, 5.41) is 0. The van der Waals surface area contributed by atoms with E-state index in [0.717, 1.165) is 25.3 Å². The van der Waals surface area contributed by atoms with Gasteiger partial charge in [-0.05, 0) is 44.7 Å². The third-order valence-corrected chi connectivity index (χ3v) is 4.26. The van der Waals surface area contributed by atoms with Gasteiger partial charge in [-0.15, -0.1) is 0 Å². The Morgan fingerprint density at radius 3 is 2.40 bits per heavy atom. The molecule has 1 heterocycles. The highest BCUT2D eigenvalue weighted by Gasteiger charge is 2.35. The average Bonchev–Trinajstić information content (AvgIpc) is 2.71. The third kappa shape index (κ3) is 2.60. The second kappa shape index (κ2) is 4.65. The van der Waals surface area contributed by atoms with Gasteiger partial charge in [0.05, 0.1) is 0 Å². The highest BCUT2D eigenvalue weighted by molar-refractivity contribution is 5.60. The predicted octanol–water partition coefficient (Wildman–Crippen LogP) is 2.48. The topological polar surface area (TPSA) is 20.3 Å². The van der Waals surface area contributed by atoms with Crippen LogP contribution in [0.1, 0.15) is 45.4 Å². The Morgan fingerprint density at radius 1 is 1.27 bits per heavy atom. The van der Waals surface area contributed by atoms with Crippen molar-refractivity contribution in [2.45, 2.75) is 45.4 Å². The third-order valence-electron chi connectivity index (χ3n) is 4.26. The lowest BCUT2D eigenvalue weighted by atomic mass is 9.86. The molecule has 1 saturated carbocycles. The normalized spacial score (nSPS) is 28.1. The van der Waals surface area contributed by atoms with Gasteiger partial charge < -0.3 is 9.69 Å². The molecule has 2 nitrogen and oxygen atoms in total. The number of carbonyl (C=O) groups is 1. The highest BCUT2D eigenvalue weighted by atomic mass is 16.1. The van der Waals surface area contributed by atoms with Gasteiger partial charge in [0.2, 0.25) is 0 Å². The second-order valence-electron chi connectivity index (χ2n) is 5.65. The molecule has 0 bridgehead atoms. The molecule has 2 aliphatic rings. The summed E-state index contributed by atoms with van der Waals surface area (Å²) in [4.78, 5) is 13.8. The van der Waals surface area contributed by atoms with Crippen molar-refractivity contribution in [2.24, 2.45) is 11.3 Å². The Hall–Kier alpha value is -0.370. The molecule has 1 aliphatic heterocycles. The van der Waals surface area contributed by atoms with Crippen LogP contribution in [-0.2, 0) is 4.79 Å². The van der Waals surface area contributed by atoms with E-state index in [1.54, 1.807) is 0 Å². The first kappa shape index (κ1) is 11.1. The summed E-state index contributed by atoms with van der Waals surface area (Å²) in [6, 6.07) is 0. The van der Waals surface area contributed by atoms with E-state index in [1.807, 2.05) is 0 Å². The van der Waals surface area contributed by atoms with Gasteiger partial charge in [0.1, 0.15) is 6.29 Å². The molecule has 2 heteroatoms. The molecule has 0 unspecified atom stereocenters. The van der Waals surface area contributed by atoms with Crippen molar-refractivity contribution in [3.8, 4) is 0 Å². The quantitative estimate of drug-likeness (QED) is 0.666. The maximum atomic E-state index is 11.2. The first-order valence-corrected chi connectivity index (χ1v) is 6.43. The Balaban J connectivity index is 1.87. The lowest BCUT2D eigenvalue weighted by molar-refractivity contribution is -0.117. The Morgan fingerprint density at radius 2 is 1.87 bits per heavy atom. The van der Waals surface area contributed by atoms with Crippen molar-refractivity contribution in [3.63, 3.8) is 0 Å². The summed E-state index contributed by atoms with van der Waals surface area (Å²) < 4.78 is 0. The summed E-state index contributed by atoms with van der Waals surface area (Å²) in [6.45, 7) is 5.78. The van der Waals surface area contributed by atoms with Crippen molar-refractivity contribution in [1.82, 2.24) is 4.90 Å². The summed E-state index contributed by atoms with van der Waals surface area (Å²) in [5.41, 5.74) is 0.0284. The standard InChI is InChI=1S/C13H23NO/c1-12-4-8-14(9-5-12)10-13(11-15)6-2-3-7-13/h11-12H,2-10H2,1H3. The number of rotatable bonds is 3. The molecule has 0 atom stereocenters. The van der Waals surface area contributed by atoms with Crippen molar-refractivity contribution < 1.29 is 4.79 Å². The lowest BCUT2D eigenvalue weighted by Gasteiger charge is -2.35. The van der Waals surface area contributed by atoms with Crippen LogP contribution in [0.3, 0.4) is 0 Å². The first-order chi connectivity index (χ1) is 7.24. The number of piperidine rings is 1. The van der Waals surface area contributed by atoms with Crippen LogP contribution in [0.5, 0.6) is 0 Å². The summed E-state index contributed by atoms with van der Waals surface area (Å²) >= 11 is 0. The molecule has 0 aromatic rings. The minimum Gasteiger partial charge on any atom is -0.303 e.